The van der Waals surface area contributed by atoms with Crippen LogP contribution in [0, 0.1) is 0 Å². The highest BCUT2D eigenvalue weighted by molar-refractivity contribution is 7.16. The van der Waals surface area contributed by atoms with E-state index in [4.69, 9.17) is 11.6 Å². The summed E-state index contributed by atoms with van der Waals surface area (Å²) in [5.41, 5.74) is 0.988. The summed E-state index contributed by atoms with van der Waals surface area (Å²) in [4.78, 5) is 12.9. The predicted molar refractivity (Wildman–Crippen MR) is 85.7 cm³/mol. The van der Waals surface area contributed by atoms with Crippen LogP contribution in [0.1, 0.15) is 23.3 Å². The second-order valence-electron chi connectivity index (χ2n) is 4.79. The van der Waals surface area contributed by atoms with E-state index in [2.05, 4.69) is 21.8 Å². The summed E-state index contributed by atoms with van der Waals surface area (Å²) in [5, 5.41) is 9.70. The fourth-order valence-corrected chi connectivity index (χ4v) is 3.05. The van der Waals surface area contributed by atoms with Gasteiger partial charge < -0.3 is 10.6 Å². The van der Waals surface area contributed by atoms with Gasteiger partial charge >= 0.3 is 6.03 Å². The maximum atomic E-state index is 11.6. The fourth-order valence-electron chi connectivity index (χ4n) is 1.92. The van der Waals surface area contributed by atoms with Gasteiger partial charge in [-0.05, 0) is 31.4 Å². The molecule has 2 aromatic heterocycles. The Hall–Kier alpha value is -1.53. The molecule has 114 valence electrons. The minimum absolute atomic E-state index is 0.141. The minimum atomic E-state index is -0.141. The van der Waals surface area contributed by atoms with Gasteiger partial charge in [0.25, 0.3) is 0 Å². The lowest BCUT2D eigenvalue weighted by Crippen LogP contribution is -2.35. The highest BCUT2D eigenvalue weighted by atomic mass is 35.5. The molecule has 0 aliphatic rings. The molecule has 0 radical (unpaired) electrons. The molecule has 21 heavy (non-hydrogen) atoms. The minimum Gasteiger partial charge on any atom is -0.338 e. The van der Waals surface area contributed by atoms with Crippen molar-refractivity contribution < 1.29 is 4.79 Å². The lowest BCUT2D eigenvalue weighted by Gasteiger charge is -2.06. The maximum Gasteiger partial charge on any atom is 0.315 e. The van der Waals surface area contributed by atoms with Gasteiger partial charge in [0.05, 0.1) is 10.5 Å². The molecule has 0 fully saturated rings. The second kappa shape index (κ2) is 8.05. The summed E-state index contributed by atoms with van der Waals surface area (Å²) < 4.78 is 2.55. The quantitative estimate of drug-likeness (QED) is 0.768. The van der Waals surface area contributed by atoms with Gasteiger partial charge in [-0.1, -0.05) is 11.6 Å². The number of halogens is 1. The second-order valence-corrected chi connectivity index (χ2v) is 6.59. The molecule has 2 aromatic rings. The average Bonchev–Trinajstić information content (AvgIpc) is 3.05. The summed E-state index contributed by atoms with van der Waals surface area (Å²) in [6.07, 6.45) is 6.63. The topological polar surface area (TPSA) is 59.0 Å². The fraction of sp³-hybridized carbons (Fsp3) is 0.429. The summed E-state index contributed by atoms with van der Waals surface area (Å²) in [5.74, 6) is 0. The zero-order valence-electron chi connectivity index (χ0n) is 11.9. The molecule has 0 aliphatic heterocycles. The molecule has 0 saturated carbocycles. The number of aromatic nitrogens is 2. The molecule has 2 amide bonds. The molecule has 7 heteroatoms. The van der Waals surface area contributed by atoms with E-state index in [9.17, 15) is 4.79 Å². The van der Waals surface area contributed by atoms with E-state index >= 15 is 0 Å². The lowest BCUT2D eigenvalue weighted by atomic mass is 10.2. The largest absolute Gasteiger partial charge is 0.338 e. The molecule has 0 aliphatic carbocycles. The number of rotatable bonds is 7. The van der Waals surface area contributed by atoms with Crippen molar-refractivity contribution >= 4 is 29.0 Å². The third kappa shape index (κ3) is 5.77. The molecule has 0 bridgehead atoms. The van der Waals surface area contributed by atoms with E-state index in [-0.39, 0.29) is 6.03 Å². The standard InChI is InChI=1S/C14H19ClN4OS/c1-19-10-11(9-18-19)8-17-14(20)16-7-3-2-4-12-5-6-13(15)21-12/h5-6,9-10H,2-4,7-8H2,1H3,(H2,16,17,20). The van der Waals surface area contributed by atoms with Gasteiger partial charge in [-0.2, -0.15) is 5.10 Å². The number of nitrogens with one attached hydrogen (secondary N) is 2. The zero-order chi connectivity index (χ0) is 15.1. The van der Waals surface area contributed by atoms with Gasteiger partial charge in [0.2, 0.25) is 0 Å². The number of unbranched alkanes of at least 4 members (excludes halogenated alkanes) is 1. The number of urea groups is 1. The Balaban J connectivity index is 1.53. The van der Waals surface area contributed by atoms with Crippen molar-refractivity contribution in [2.45, 2.75) is 25.8 Å². The Bertz CT molecular complexity index is 581. The van der Waals surface area contributed by atoms with E-state index in [1.807, 2.05) is 19.3 Å². The molecule has 5 nitrogen and oxygen atoms in total. The van der Waals surface area contributed by atoms with Crippen LogP contribution in [-0.4, -0.2) is 22.4 Å². The Morgan fingerprint density at radius 2 is 2.24 bits per heavy atom. The molecular formula is C14H19ClN4OS. The number of carbonyl (C=O) groups is 1. The summed E-state index contributed by atoms with van der Waals surface area (Å²) in [6, 6.07) is 3.84. The molecule has 2 N–H and O–H groups in total. The van der Waals surface area contributed by atoms with E-state index in [0.29, 0.717) is 13.1 Å². The van der Waals surface area contributed by atoms with Crippen molar-refractivity contribution in [3.63, 3.8) is 0 Å². The first-order valence-corrected chi connectivity index (χ1v) is 8.06. The number of carbonyl (C=O) groups excluding carboxylic acids is 1. The van der Waals surface area contributed by atoms with Crippen molar-refractivity contribution in [2.75, 3.05) is 6.54 Å². The van der Waals surface area contributed by atoms with Crippen LogP contribution < -0.4 is 10.6 Å². The van der Waals surface area contributed by atoms with Crippen molar-refractivity contribution in [1.29, 1.82) is 0 Å². The van der Waals surface area contributed by atoms with Crippen molar-refractivity contribution in [3.05, 3.63) is 39.3 Å². The van der Waals surface area contributed by atoms with E-state index in [1.54, 1.807) is 22.2 Å². The first-order chi connectivity index (χ1) is 10.1. The van der Waals surface area contributed by atoms with Crippen LogP contribution in [0.5, 0.6) is 0 Å². The predicted octanol–water partition coefficient (Wildman–Crippen LogP) is 2.96. The molecule has 0 spiro atoms. The van der Waals surface area contributed by atoms with Crippen LogP contribution in [0.4, 0.5) is 4.79 Å². The normalized spacial score (nSPS) is 10.6. The maximum absolute atomic E-state index is 11.6. The number of hydrogen-bond donors (Lipinski definition) is 2. The Kier molecular flexibility index (Phi) is 6.07. The SMILES string of the molecule is Cn1cc(CNC(=O)NCCCCc2ccc(Cl)s2)cn1. The summed E-state index contributed by atoms with van der Waals surface area (Å²) >= 11 is 7.49. The van der Waals surface area contributed by atoms with Crippen LogP contribution >= 0.6 is 22.9 Å². The van der Waals surface area contributed by atoms with Crippen LogP contribution in [0.15, 0.2) is 24.5 Å². The number of amides is 2. The summed E-state index contributed by atoms with van der Waals surface area (Å²) in [7, 11) is 1.85. The van der Waals surface area contributed by atoms with E-state index in [0.717, 1.165) is 29.2 Å². The molecular weight excluding hydrogens is 308 g/mol. The first-order valence-electron chi connectivity index (χ1n) is 6.87. The number of aryl methyl sites for hydroxylation is 2. The van der Waals surface area contributed by atoms with Crippen molar-refractivity contribution in [3.8, 4) is 0 Å². The van der Waals surface area contributed by atoms with E-state index in [1.165, 1.54) is 4.88 Å². The molecule has 2 heterocycles. The van der Waals surface area contributed by atoms with Gasteiger partial charge in [-0.3, -0.25) is 4.68 Å². The first kappa shape index (κ1) is 15.9. The number of thiophene rings is 1. The van der Waals surface area contributed by atoms with Gasteiger partial charge in [-0.25, -0.2) is 4.79 Å². The third-order valence-electron chi connectivity index (χ3n) is 2.98. The number of nitrogens with zero attached hydrogens (tertiary/aromatic N) is 2. The van der Waals surface area contributed by atoms with Gasteiger partial charge in [0.15, 0.2) is 0 Å². The Labute approximate surface area is 133 Å². The Morgan fingerprint density at radius 3 is 2.90 bits per heavy atom. The van der Waals surface area contributed by atoms with E-state index < -0.39 is 0 Å². The van der Waals surface area contributed by atoms with Gasteiger partial charge in [0.1, 0.15) is 0 Å². The third-order valence-corrected chi connectivity index (χ3v) is 4.27. The number of hydrogen-bond acceptors (Lipinski definition) is 3. The van der Waals surface area contributed by atoms with Gasteiger partial charge in [0, 0.05) is 36.8 Å². The zero-order valence-corrected chi connectivity index (χ0v) is 13.5. The van der Waals surface area contributed by atoms with Crippen LogP contribution in [0.25, 0.3) is 0 Å². The molecule has 2 rings (SSSR count). The molecule has 0 aromatic carbocycles. The Morgan fingerprint density at radius 1 is 1.38 bits per heavy atom. The molecule has 0 saturated heterocycles. The van der Waals surface area contributed by atoms with Gasteiger partial charge in [-0.15, -0.1) is 11.3 Å². The average molecular weight is 327 g/mol. The van der Waals surface area contributed by atoms with Crippen LogP contribution in [0.3, 0.4) is 0 Å². The van der Waals surface area contributed by atoms with Crippen LogP contribution in [0.2, 0.25) is 4.34 Å². The lowest BCUT2D eigenvalue weighted by molar-refractivity contribution is 0.240. The highest BCUT2D eigenvalue weighted by Crippen LogP contribution is 2.22. The highest BCUT2D eigenvalue weighted by Gasteiger charge is 2.02. The van der Waals surface area contributed by atoms with Crippen molar-refractivity contribution in [2.24, 2.45) is 7.05 Å². The summed E-state index contributed by atoms with van der Waals surface area (Å²) in [6.45, 7) is 1.17. The smallest absolute Gasteiger partial charge is 0.315 e. The molecule has 0 atom stereocenters. The molecule has 0 unspecified atom stereocenters. The van der Waals surface area contributed by atoms with Crippen molar-refractivity contribution in [1.82, 2.24) is 20.4 Å². The monoisotopic (exact) mass is 326 g/mol. The van der Waals surface area contributed by atoms with Crippen LogP contribution in [-0.2, 0) is 20.0 Å².